The number of alkyl halides is 2. The Kier molecular flexibility index (Phi) is 4.11. The van der Waals surface area contributed by atoms with E-state index in [0.717, 1.165) is 0 Å². The van der Waals surface area contributed by atoms with Gasteiger partial charge in [0.1, 0.15) is 5.01 Å². The summed E-state index contributed by atoms with van der Waals surface area (Å²) in [5.74, 6) is 5.10. The van der Waals surface area contributed by atoms with E-state index in [0.29, 0.717) is 16.7 Å². The molecule has 1 aromatic rings. The van der Waals surface area contributed by atoms with Gasteiger partial charge in [-0.15, -0.1) is 10.2 Å². The average Bonchev–Trinajstić information content (AvgIpc) is 2.50. The van der Waals surface area contributed by atoms with Gasteiger partial charge in [0.2, 0.25) is 5.13 Å². The minimum Gasteiger partial charge on any atom is -0.298 e. The van der Waals surface area contributed by atoms with Crippen molar-refractivity contribution < 1.29 is 8.78 Å². The van der Waals surface area contributed by atoms with Crippen LogP contribution in [0, 0.1) is 0 Å². The van der Waals surface area contributed by atoms with E-state index >= 15 is 0 Å². The van der Waals surface area contributed by atoms with Crippen molar-refractivity contribution in [2.24, 2.45) is 5.84 Å². The molecule has 0 amide bonds. The van der Waals surface area contributed by atoms with E-state index in [9.17, 15) is 8.78 Å². The van der Waals surface area contributed by atoms with Crippen molar-refractivity contribution in [3.8, 4) is 0 Å². The SMILES string of the molecule is CN(Cc1nnc(NN)s1)CC(F)F. The highest BCUT2D eigenvalue weighted by Gasteiger charge is 2.10. The largest absolute Gasteiger partial charge is 0.298 e. The zero-order valence-electron chi connectivity index (χ0n) is 7.57. The first-order valence-electron chi connectivity index (χ1n) is 3.87. The summed E-state index contributed by atoms with van der Waals surface area (Å²) in [7, 11) is 1.60. The Morgan fingerprint density at radius 2 is 2.29 bits per heavy atom. The third-order valence-electron chi connectivity index (χ3n) is 1.45. The molecule has 14 heavy (non-hydrogen) atoms. The minimum absolute atomic E-state index is 0.273. The molecule has 3 N–H and O–H groups in total. The quantitative estimate of drug-likeness (QED) is 0.562. The highest BCUT2D eigenvalue weighted by Crippen LogP contribution is 2.15. The van der Waals surface area contributed by atoms with Gasteiger partial charge in [0, 0.05) is 0 Å². The van der Waals surface area contributed by atoms with Gasteiger partial charge in [-0.25, -0.2) is 14.6 Å². The van der Waals surface area contributed by atoms with Gasteiger partial charge >= 0.3 is 0 Å². The van der Waals surface area contributed by atoms with Crippen LogP contribution in [0.3, 0.4) is 0 Å². The first kappa shape index (κ1) is 11.2. The van der Waals surface area contributed by atoms with Gasteiger partial charge in [-0.1, -0.05) is 11.3 Å². The fraction of sp³-hybridized carbons (Fsp3) is 0.667. The first-order chi connectivity index (χ1) is 6.61. The number of aromatic nitrogens is 2. The number of nitrogen functional groups attached to an aromatic ring is 1. The van der Waals surface area contributed by atoms with Gasteiger partial charge < -0.3 is 0 Å². The van der Waals surface area contributed by atoms with Gasteiger partial charge in [-0.3, -0.25) is 10.3 Å². The number of hydrazine groups is 1. The molecule has 0 bridgehead atoms. The molecule has 0 aliphatic heterocycles. The monoisotopic (exact) mass is 223 g/mol. The van der Waals surface area contributed by atoms with Crippen LogP contribution in [0.4, 0.5) is 13.9 Å². The molecule has 1 rings (SSSR count). The second kappa shape index (κ2) is 5.13. The summed E-state index contributed by atoms with van der Waals surface area (Å²) in [6, 6.07) is 0. The lowest BCUT2D eigenvalue weighted by Crippen LogP contribution is -2.23. The molecule has 80 valence electrons. The summed E-state index contributed by atoms with van der Waals surface area (Å²) < 4.78 is 23.9. The third kappa shape index (κ3) is 3.48. The summed E-state index contributed by atoms with van der Waals surface area (Å²) >= 11 is 1.24. The molecule has 0 aliphatic rings. The highest BCUT2D eigenvalue weighted by atomic mass is 32.1. The summed E-state index contributed by atoms with van der Waals surface area (Å²) in [5, 5.41) is 8.59. The zero-order chi connectivity index (χ0) is 10.6. The molecule has 0 unspecified atom stereocenters. The highest BCUT2D eigenvalue weighted by molar-refractivity contribution is 7.15. The molecule has 1 aromatic heterocycles. The van der Waals surface area contributed by atoms with E-state index < -0.39 is 6.43 Å². The normalized spacial score (nSPS) is 11.3. The maximum absolute atomic E-state index is 12.0. The van der Waals surface area contributed by atoms with E-state index in [4.69, 9.17) is 5.84 Å². The molecule has 0 spiro atoms. The first-order valence-corrected chi connectivity index (χ1v) is 4.69. The van der Waals surface area contributed by atoms with Crippen molar-refractivity contribution in [1.29, 1.82) is 0 Å². The van der Waals surface area contributed by atoms with Gasteiger partial charge in [0.25, 0.3) is 6.43 Å². The van der Waals surface area contributed by atoms with Crippen molar-refractivity contribution in [3.05, 3.63) is 5.01 Å². The number of nitrogens with zero attached hydrogens (tertiary/aromatic N) is 3. The Morgan fingerprint density at radius 3 is 2.79 bits per heavy atom. The predicted molar refractivity (Wildman–Crippen MR) is 50.1 cm³/mol. The Labute approximate surface area is 83.9 Å². The van der Waals surface area contributed by atoms with Gasteiger partial charge in [-0.2, -0.15) is 0 Å². The van der Waals surface area contributed by atoms with E-state index in [1.165, 1.54) is 16.2 Å². The number of halogens is 2. The molecule has 0 fully saturated rings. The second-order valence-electron chi connectivity index (χ2n) is 2.73. The standard InChI is InChI=1S/C6H11F2N5S/c1-13(2-4(7)8)3-5-11-12-6(10-9)14-5/h4H,2-3,9H2,1H3,(H,10,12). The van der Waals surface area contributed by atoms with E-state index in [1.807, 2.05) is 0 Å². The van der Waals surface area contributed by atoms with E-state index in [2.05, 4.69) is 15.6 Å². The molecule has 0 aromatic carbocycles. The molecule has 0 atom stereocenters. The summed E-state index contributed by atoms with van der Waals surface area (Å²) in [6.45, 7) is 0.0780. The Hall–Kier alpha value is -0.860. The van der Waals surface area contributed by atoms with Crippen LogP contribution in [0.15, 0.2) is 0 Å². The van der Waals surface area contributed by atoms with Crippen molar-refractivity contribution >= 4 is 16.5 Å². The number of rotatable bonds is 5. The van der Waals surface area contributed by atoms with Crippen molar-refractivity contribution in [2.45, 2.75) is 13.0 Å². The topological polar surface area (TPSA) is 67.1 Å². The van der Waals surface area contributed by atoms with Gasteiger partial charge in [0.05, 0.1) is 13.1 Å². The van der Waals surface area contributed by atoms with E-state index in [-0.39, 0.29) is 6.54 Å². The smallest absolute Gasteiger partial charge is 0.251 e. The molecule has 0 aliphatic carbocycles. The van der Waals surface area contributed by atoms with Crippen LogP contribution in [-0.4, -0.2) is 35.1 Å². The van der Waals surface area contributed by atoms with Crippen LogP contribution < -0.4 is 11.3 Å². The number of nitrogens with two attached hydrogens (primary N) is 1. The van der Waals surface area contributed by atoms with Gasteiger partial charge in [0.15, 0.2) is 0 Å². The predicted octanol–water partition coefficient (Wildman–Crippen LogP) is 0.521. The van der Waals surface area contributed by atoms with Crippen LogP contribution in [0.25, 0.3) is 0 Å². The molecule has 0 saturated heterocycles. The number of anilines is 1. The van der Waals surface area contributed by atoms with Crippen molar-refractivity contribution in [1.82, 2.24) is 15.1 Å². The van der Waals surface area contributed by atoms with Crippen LogP contribution in [0.1, 0.15) is 5.01 Å². The minimum atomic E-state index is -2.33. The fourth-order valence-electron chi connectivity index (χ4n) is 0.907. The number of hydrogen-bond donors (Lipinski definition) is 2. The Balaban J connectivity index is 2.43. The lowest BCUT2D eigenvalue weighted by molar-refractivity contribution is 0.0974. The van der Waals surface area contributed by atoms with Crippen molar-refractivity contribution in [3.63, 3.8) is 0 Å². The molecule has 0 radical (unpaired) electrons. The fourth-order valence-corrected chi connectivity index (χ4v) is 1.64. The van der Waals surface area contributed by atoms with Crippen LogP contribution in [0.5, 0.6) is 0 Å². The van der Waals surface area contributed by atoms with Crippen LogP contribution >= 0.6 is 11.3 Å². The lowest BCUT2D eigenvalue weighted by Gasteiger charge is -2.12. The van der Waals surface area contributed by atoms with Crippen LogP contribution in [0.2, 0.25) is 0 Å². The average molecular weight is 223 g/mol. The Bertz CT molecular complexity index is 279. The summed E-state index contributed by atoms with van der Waals surface area (Å²) in [4.78, 5) is 1.48. The number of hydrogen-bond acceptors (Lipinski definition) is 6. The molecule has 5 nitrogen and oxygen atoms in total. The maximum Gasteiger partial charge on any atom is 0.251 e. The molecular weight excluding hydrogens is 212 g/mol. The molecule has 1 heterocycles. The zero-order valence-corrected chi connectivity index (χ0v) is 8.39. The maximum atomic E-state index is 12.0. The number of nitrogens with one attached hydrogen (secondary N) is 1. The molecule has 0 saturated carbocycles. The van der Waals surface area contributed by atoms with E-state index in [1.54, 1.807) is 7.05 Å². The lowest BCUT2D eigenvalue weighted by atomic mass is 10.5. The second-order valence-corrected chi connectivity index (χ2v) is 3.80. The summed E-state index contributed by atoms with van der Waals surface area (Å²) in [5.41, 5.74) is 2.34. The van der Waals surface area contributed by atoms with Crippen molar-refractivity contribution in [2.75, 3.05) is 19.0 Å². The van der Waals surface area contributed by atoms with Crippen LogP contribution in [-0.2, 0) is 6.54 Å². The summed E-state index contributed by atoms with van der Waals surface area (Å²) in [6.07, 6.45) is -2.33. The Morgan fingerprint density at radius 1 is 1.57 bits per heavy atom. The van der Waals surface area contributed by atoms with Gasteiger partial charge in [-0.05, 0) is 7.05 Å². The molecular formula is C6H11F2N5S. The third-order valence-corrected chi connectivity index (χ3v) is 2.28. The molecule has 8 heteroatoms.